The minimum Gasteiger partial charge on any atom is -0.345 e. The molecule has 0 bridgehead atoms. The van der Waals surface area contributed by atoms with Gasteiger partial charge in [0, 0.05) is 6.54 Å². The summed E-state index contributed by atoms with van der Waals surface area (Å²) < 4.78 is 0.885. The number of aromatic nitrogens is 1. The van der Waals surface area contributed by atoms with Gasteiger partial charge in [0.15, 0.2) is 5.01 Å². The van der Waals surface area contributed by atoms with Crippen LogP contribution in [0, 0.1) is 0 Å². The predicted octanol–water partition coefficient (Wildman–Crippen LogP) is 4.46. The number of hydrogen-bond acceptors (Lipinski definition) is 4. The Morgan fingerprint density at radius 3 is 2.30 bits per heavy atom. The van der Waals surface area contributed by atoms with Crippen molar-refractivity contribution in [3.63, 3.8) is 0 Å². The van der Waals surface area contributed by atoms with Crippen LogP contribution in [0.4, 0.5) is 0 Å². The van der Waals surface area contributed by atoms with Gasteiger partial charge in [-0.05, 0) is 28.8 Å². The van der Waals surface area contributed by atoms with Crippen LogP contribution in [0.3, 0.4) is 0 Å². The van der Waals surface area contributed by atoms with Crippen molar-refractivity contribution in [2.24, 2.45) is 0 Å². The molecule has 4 nitrogen and oxygen atoms in total. The number of hydrogen-bond donors (Lipinski definition) is 1. The lowest BCUT2D eigenvalue weighted by Crippen LogP contribution is -2.30. The van der Waals surface area contributed by atoms with Crippen molar-refractivity contribution < 1.29 is 9.59 Å². The Hall–Kier alpha value is -3.31. The predicted molar refractivity (Wildman–Crippen MR) is 108 cm³/mol. The van der Waals surface area contributed by atoms with Crippen LogP contribution in [-0.4, -0.2) is 16.7 Å². The van der Waals surface area contributed by atoms with Gasteiger partial charge < -0.3 is 5.32 Å². The lowest BCUT2D eigenvalue weighted by molar-refractivity contribution is -0.117. The summed E-state index contributed by atoms with van der Waals surface area (Å²) in [5.41, 5.74) is 3.81. The Morgan fingerprint density at radius 1 is 0.852 bits per heavy atom. The molecule has 1 N–H and O–H groups in total. The molecule has 1 amide bonds. The fourth-order valence-electron chi connectivity index (χ4n) is 2.79. The van der Waals surface area contributed by atoms with E-state index in [1.54, 1.807) is 0 Å². The second-order valence-electron chi connectivity index (χ2n) is 6.06. The number of thiazole rings is 1. The first-order valence-corrected chi connectivity index (χ1v) is 9.35. The summed E-state index contributed by atoms with van der Waals surface area (Å²) in [5.74, 6) is -1.24. The van der Waals surface area contributed by atoms with E-state index < -0.39 is 11.7 Å². The Bertz CT molecular complexity index is 1110. The highest BCUT2D eigenvalue weighted by molar-refractivity contribution is 7.21. The molecule has 27 heavy (non-hydrogen) atoms. The molecule has 4 aromatic rings. The highest BCUT2D eigenvalue weighted by Crippen LogP contribution is 2.28. The molecule has 1 heterocycles. The number of carbonyl (C=O) groups is 2. The third-order valence-corrected chi connectivity index (χ3v) is 5.21. The second-order valence-corrected chi connectivity index (χ2v) is 7.10. The number of nitrogens with one attached hydrogen (secondary N) is 1. The summed E-state index contributed by atoms with van der Waals surface area (Å²) in [5, 5.41) is 2.87. The van der Waals surface area contributed by atoms with Crippen LogP contribution < -0.4 is 5.32 Å². The van der Waals surface area contributed by atoms with E-state index in [0.717, 1.165) is 26.9 Å². The van der Waals surface area contributed by atoms with Gasteiger partial charge in [0.05, 0.1) is 10.2 Å². The van der Waals surface area contributed by atoms with E-state index in [4.69, 9.17) is 0 Å². The minimum atomic E-state index is -0.638. The molecule has 0 spiro atoms. The summed E-state index contributed by atoms with van der Waals surface area (Å²) in [6.07, 6.45) is 0. The van der Waals surface area contributed by atoms with Gasteiger partial charge >= 0.3 is 0 Å². The van der Waals surface area contributed by atoms with Crippen LogP contribution in [0.2, 0.25) is 0 Å². The number of benzene rings is 3. The fraction of sp³-hybridized carbons (Fsp3) is 0.0455. The maximum atomic E-state index is 12.4. The van der Waals surface area contributed by atoms with Crippen molar-refractivity contribution >= 4 is 33.2 Å². The van der Waals surface area contributed by atoms with Crippen molar-refractivity contribution in [3.8, 4) is 11.1 Å². The maximum absolute atomic E-state index is 12.4. The van der Waals surface area contributed by atoms with Crippen LogP contribution in [0.25, 0.3) is 21.3 Å². The molecule has 0 radical (unpaired) electrons. The van der Waals surface area contributed by atoms with Crippen molar-refractivity contribution in [2.75, 3.05) is 0 Å². The topological polar surface area (TPSA) is 59.1 Å². The zero-order valence-corrected chi connectivity index (χ0v) is 15.2. The van der Waals surface area contributed by atoms with Crippen molar-refractivity contribution in [2.45, 2.75) is 6.54 Å². The number of ketones is 1. The molecule has 0 aliphatic rings. The van der Waals surface area contributed by atoms with Gasteiger partial charge in [0.2, 0.25) is 0 Å². The zero-order chi connectivity index (χ0) is 18.6. The summed E-state index contributed by atoms with van der Waals surface area (Å²) in [7, 11) is 0. The molecule has 0 unspecified atom stereocenters. The van der Waals surface area contributed by atoms with Crippen LogP contribution in [-0.2, 0) is 11.3 Å². The van der Waals surface area contributed by atoms with Crippen molar-refractivity contribution in [1.82, 2.24) is 10.3 Å². The molecule has 5 heteroatoms. The van der Waals surface area contributed by atoms with E-state index in [-0.39, 0.29) is 5.01 Å². The van der Waals surface area contributed by atoms with Crippen molar-refractivity contribution in [3.05, 3.63) is 89.4 Å². The van der Waals surface area contributed by atoms with Gasteiger partial charge in [-0.15, -0.1) is 11.3 Å². The SMILES string of the molecule is O=C(NCc1ccccc1)C(=O)c1nc2ccc(-c3ccccc3)cc2s1. The molecule has 3 aromatic carbocycles. The molecular formula is C22H16N2O2S. The molecule has 132 valence electrons. The van der Waals surface area contributed by atoms with Gasteiger partial charge in [-0.1, -0.05) is 66.7 Å². The molecule has 0 atom stereocenters. The van der Waals surface area contributed by atoms with E-state index in [0.29, 0.717) is 6.54 Å². The largest absolute Gasteiger partial charge is 0.345 e. The number of fused-ring (bicyclic) bond motifs is 1. The monoisotopic (exact) mass is 372 g/mol. The lowest BCUT2D eigenvalue weighted by atomic mass is 10.1. The Kier molecular flexibility index (Phi) is 4.77. The number of Topliss-reactive ketones (excluding diaryl/α,β-unsaturated/α-hetero) is 1. The van der Waals surface area contributed by atoms with Gasteiger partial charge in [0.1, 0.15) is 0 Å². The average molecular weight is 372 g/mol. The first-order valence-electron chi connectivity index (χ1n) is 8.53. The van der Waals surface area contributed by atoms with Crippen LogP contribution in [0.1, 0.15) is 15.4 Å². The Morgan fingerprint density at radius 2 is 1.56 bits per heavy atom. The first-order chi connectivity index (χ1) is 13.2. The van der Waals surface area contributed by atoms with Crippen LogP contribution >= 0.6 is 11.3 Å². The Labute approximate surface area is 160 Å². The van der Waals surface area contributed by atoms with Gasteiger partial charge in [-0.2, -0.15) is 0 Å². The summed E-state index contributed by atoms with van der Waals surface area (Å²) in [6, 6.07) is 25.3. The highest BCUT2D eigenvalue weighted by atomic mass is 32.1. The molecule has 1 aromatic heterocycles. The lowest BCUT2D eigenvalue weighted by Gasteiger charge is -2.02. The average Bonchev–Trinajstić information content (AvgIpc) is 3.16. The maximum Gasteiger partial charge on any atom is 0.295 e. The van der Waals surface area contributed by atoms with Crippen LogP contribution in [0.15, 0.2) is 78.9 Å². The zero-order valence-electron chi connectivity index (χ0n) is 14.4. The third-order valence-electron chi connectivity index (χ3n) is 4.19. The van der Waals surface area contributed by atoms with Crippen LogP contribution in [0.5, 0.6) is 0 Å². The standard InChI is InChI=1S/C22H16N2O2S/c25-20(21(26)23-14-15-7-3-1-4-8-15)22-24-18-12-11-17(13-19(18)27-22)16-9-5-2-6-10-16/h1-13H,14H2,(H,23,26). The highest BCUT2D eigenvalue weighted by Gasteiger charge is 2.20. The second kappa shape index (κ2) is 7.51. The van der Waals surface area contributed by atoms with E-state index in [9.17, 15) is 9.59 Å². The first kappa shape index (κ1) is 17.1. The minimum absolute atomic E-state index is 0.209. The Balaban J connectivity index is 1.53. The smallest absolute Gasteiger partial charge is 0.295 e. The molecule has 0 aliphatic heterocycles. The molecule has 0 fully saturated rings. The number of nitrogens with zero attached hydrogens (tertiary/aromatic N) is 1. The van der Waals surface area contributed by atoms with Gasteiger partial charge in [-0.3, -0.25) is 9.59 Å². The molecule has 0 saturated carbocycles. The van der Waals surface area contributed by atoms with Crippen molar-refractivity contribution in [1.29, 1.82) is 0 Å². The van der Waals surface area contributed by atoms with E-state index >= 15 is 0 Å². The normalized spacial score (nSPS) is 10.7. The fourth-order valence-corrected chi connectivity index (χ4v) is 3.73. The number of amides is 1. The third kappa shape index (κ3) is 3.78. The van der Waals surface area contributed by atoms with E-state index in [1.807, 2.05) is 78.9 Å². The van der Waals surface area contributed by atoms with Gasteiger partial charge in [0.25, 0.3) is 11.7 Å². The summed E-state index contributed by atoms with van der Waals surface area (Å²) in [4.78, 5) is 28.9. The molecule has 0 saturated heterocycles. The van der Waals surface area contributed by atoms with E-state index in [2.05, 4.69) is 10.3 Å². The van der Waals surface area contributed by atoms with Gasteiger partial charge in [-0.25, -0.2) is 4.98 Å². The molecule has 4 rings (SSSR count). The summed E-state index contributed by atoms with van der Waals surface area (Å²) in [6.45, 7) is 0.314. The van der Waals surface area contributed by atoms with E-state index in [1.165, 1.54) is 11.3 Å². The number of carbonyl (C=O) groups excluding carboxylic acids is 2. The quantitative estimate of drug-likeness (QED) is 0.416. The number of rotatable bonds is 5. The summed E-state index contributed by atoms with van der Waals surface area (Å²) >= 11 is 1.24. The molecular weight excluding hydrogens is 356 g/mol. The molecule has 0 aliphatic carbocycles.